The molecule has 142 valence electrons. The Hall–Kier alpha value is -2.33. The summed E-state index contributed by atoms with van der Waals surface area (Å²) in [5, 5.41) is 28.7. The Morgan fingerprint density at radius 1 is 1.15 bits per heavy atom. The molecule has 0 saturated carbocycles. The number of ether oxygens (including phenoxy) is 1. The van der Waals surface area contributed by atoms with Crippen LogP contribution in [0.3, 0.4) is 0 Å². The molecule has 1 heterocycles. The van der Waals surface area contributed by atoms with Crippen molar-refractivity contribution >= 4 is 0 Å². The highest BCUT2D eigenvalue weighted by Crippen LogP contribution is 2.33. The summed E-state index contributed by atoms with van der Waals surface area (Å²) in [5.74, 6) is -1.79. The first kappa shape index (κ1) is 19.4. The molecule has 2 aromatic carbocycles. The summed E-state index contributed by atoms with van der Waals surface area (Å²) < 4.78 is 33.9. The van der Waals surface area contributed by atoms with E-state index in [1.807, 2.05) is 0 Å². The van der Waals surface area contributed by atoms with Gasteiger partial charge in [0.15, 0.2) is 11.6 Å². The zero-order valence-corrected chi connectivity index (χ0v) is 15.0. The molecule has 1 saturated heterocycles. The van der Waals surface area contributed by atoms with Crippen molar-refractivity contribution in [2.75, 3.05) is 6.61 Å². The number of nitrogens with zero attached hydrogens (tertiary/aromatic N) is 1. The maximum atomic E-state index is 14.2. The fourth-order valence-electron chi connectivity index (χ4n) is 3.42. The summed E-state index contributed by atoms with van der Waals surface area (Å²) in [6, 6.07) is 10.2. The molecule has 0 bridgehead atoms. The molecular formula is C21H21F2NO3. The average Bonchev–Trinajstić information content (AvgIpc) is 2.67. The van der Waals surface area contributed by atoms with Crippen molar-refractivity contribution in [3.05, 3.63) is 69.8 Å². The van der Waals surface area contributed by atoms with Crippen molar-refractivity contribution in [2.45, 2.75) is 44.5 Å². The Labute approximate surface area is 156 Å². The number of aryl methyl sites for hydroxylation is 1. The van der Waals surface area contributed by atoms with Crippen LogP contribution < -0.4 is 0 Å². The highest BCUT2D eigenvalue weighted by Gasteiger charge is 2.29. The number of aliphatic hydroxyl groups excluding tert-OH is 2. The largest absolute Gasteiger partial charge is 0.394 e. The predicted molar refractivity (Wildman–Crippen MR) is 95.0 cm³/mol. The van der Waals surface area contributed by atoms with Gasteiger partial charge in [-0.25, -0.2) is 8.78 Å². The second-order valence-electron chi connectivity index (χ2n) is 6.93. The van der Waals surface area contributed by atoms with Gasteiger partial charge in [-0.1, -0.05) is 24.3 Å². The van der Waals surface area contributed by atoms with Gasteiger partial charge in [0.1, 0.15) is 0 Å². The van der Waals surface area contributed by atoms with Gasteiger partial charge in [0, 0.05) is 19.3 Å². The smallest absolute Gasteiger partial charge is 0.162 e. The fraction of sp³-hybridized carbons (Fsp3) is 0.381. The van der Waals surface area contributed by atoms with Crippen molar-refractivity contribution in [3.8, 4) is 6.07 Å². The molecule has 0 radical (unpaired) electrons. The number of aliphatic hydroxyl groups is 2. The Kier molecular flexibility index (Phi) is 5.85. The van der Waals surface area contributed by atoms with Crippen LogP contribution in [0.4, 0.5) is 8.78 Å². The van der Waals surface area contributed by atoms with E-state index in [1.54, 1.807) is 18.2 Å². The topological polar surface area (TPSA) is 73.5 Å². The third-order valence-corrected chi connectivity index (χ3v) is 4.94. The van der Waals surface area contributed by atoms with E-state index >= 15 is 0 Å². The second kappa shape index (κ2) is 8.13. The normalized spacial score (nSPS) is 22.4. The lowest BCUT2D eigenvalue weighted by Crippen LogP contribution is -2.33. The summed E-state index contributed by atoms with van der Waals surface area (Å²) in [6.45, 7) is 1.30. The highest BCUT2D eigenvalue weighted by molar-refractivity contribution is 5.44. The molecule has 6 heteroatoms. The Morgan fingerprint density at radius 2 is 1.93 bits per heavy atom. The number of benzene rings is 2. The summed E-state index contributed by atoms with van der Waals surface area (Å²) in [5.41, 5.74) is 2.06. The molecule has 1 aliphatic heterocycles. The predicted octanol–water partition coefficient (Wildman–Crippen LogP) is 3.31. The lowest BCUT2D eigenvalue weighted by atomic mass is 9.92. The minimum atomic E-state index is -0.908. The molecule has 0 unspecified atom stereocenters. The minimum Gasteiger partial charge on any atom is -0.394 e. The van der Waals surface area contributed by atoms with Crippen molar-refractivity contribution in [3.63, 3.8) is 0 Å². The van der Waals surface area contributed by atoms with Crippen LogP contribution in [-0.4, -0.2) is 29.0 Å². The molecular weight excluding hydrogens is 352 g/mol. The average molecular weight is 373 g/mol. The van der Waals surface area contributed by atoms with Gasteiger partial charge in [0.2, 0.25) is 0 Å². The van der Waals surface area contributed by atoms with E-state index in [0.717, 1.165) is 5.56 Å². The maximum Gasteiger partial charge on any atom is 0.162 e. The van der Waals surface area contributed by atoms with Crippen molar-refractivity contribution in [2.24, 2.45) is 0 Å². The van der Waals surface area contributed by atoms with E-state index in [-0.39, 0.29) is 24.2 Å². The monoisotopic (exact) mass is 373 g/mol. The molecule has 1 aliphatic rings. The molecule has 4 nitrogen and oxygen atoms in total. The van der Waals surface area contributed by atoms with E-state index in [9.17, 15) is 24.3 Å². The van der Waals surface area contributed by atoms with Crippen LogP contribution in [0.2, 0.25) is 0 Å². The van der Waals surface area contributed by atoms with Crippen LogP contribution in [0.1, 0.15) is 46.8 Å². The number of hydrogen-bond donors (Lipinski definition) is 2. The molecule has 0 aromatic heterocycles. The molecule has 3 atom stereocenters. The first-order valence-corrected chi connectivity index (χ1v) is 8.83. The van der Waals surface area contributed by atoms with Crippen LogP contribution in [-0.2, 0) is 11.2 Å². The fourth-order valence-corrected chi connectivity index (χ4v) is 3.42. The standard InChI is InChI=1S/C21H21F2NO3/c1-12-2-3-14(21(23)20(12)22)7-16-6-13(4-5-15(16)10-24)19-9-17(26)8-18(11-25)27-19/h2-6,17-19,25-26H,7-9,11H2,1H3/t17-,18-,19+/m0/s1. The van der Waals surface area contributed by atoms with Crippen LogP contribution >= 0.6 is 0 Å². The molecule has 0 amide bonds. The molecule has 2 aromatic rings. The van der Waals surface area contributed by atoms with Crippen LogP contribution in [0.15, 0.2) is 30.3 Å². The van der Waals surface area contributed by atoms with Crippen molar-refractivity contribution in [1.29, 1.82) is 5.26 Å². The van der Waals surface area contributed by atoms with E-state index < -0.39 is 29.9 Å². The third kappa shape index (κ3) is 4.16. The minimum absolute atomic E-state index is 0.0679. The number of hydrogen-bond acceptors (Lipinski definition) is 4. The van der Waals surface area contributed by atoms with Gasteiger partial charge in [-0.2, -0.15) is 5.26 Å². The quantitative estimate of drug-likeness (QED) is 0.862. The first-order chi connectivity index (χ1) is 12.9. The van der Waals surface area contributed by atoms with Crippen LogP contribution in [0.5, 0.6) is 0 Å². The zero-order valence-electron chi connectivity index (χ0n) is 15.0. The third-order valence-electron chi connectivity index (χ3n) is 4.94. The molecule has 1 fully saturated rings. The molecule has 0 aliphatic carbocycles. The van der Waals surface area contributed by atoms with E-state index in [2.05, 4.69) is 6.07 Å². The van der Waals surface area contributed by atoms with Gasteiger partial charge >= 0.3 is 0 Å². The van der Waals surface area contributed by atoms with Gasteiger partial charge in [0.25, 0.3) is 0 Å². The van der Waals surface area contributed by atoms with E-state index in [1.165, 1.54) is 19.1 Å². The Balaban J connectivity index is 1.93. The molecule has 27 heavy (non-hydrogen) atoms. The molecule has 0 spiro atoms. The first-order valence-electron chi connectivity index (χ1n) is 8.83. The summed E-state index contributed by atoms with van der Waals surface area (Å²) >= 11 is 0. The van der Waals surface area contributed by atoms with Crippen LogP contribution in [0, 0.1) is 29.9 Å². The van der Waals surface area contributed by atoms with E-state index in [4.69, 9.17) is 4.74 Å². The lowest BCUT2D eigenvalue weighted by Gasteiger charge is -2.32. The van der Waals surface area contributed by atoms with Crippen molar-refractivity contribution < 1.29 is 23.7 Å². The van der Waals surface area contributed by atoms with Gasteiger partial charge in [0.05, 0.1) is 36.6 Å². The lowest BCUT2D eigenvalue weighted by molar-refractivity contribution is -0.113. The van der Waals surface area contributed by atoms with Crippen molar-refractivity contribution in [1.82, 2.24) is 0 Å². The highest BCUT2D eigenvalue weighted by atomic mass is 19.2. The van der Waals surface area contributed by atoms with E-state index in [0.29, 0.717) is 24.0 Å². The zero-order chi connectivity index (χ0) is 19.6. The maximum absolute atomic E-state index is 14.2. The molecule has 3 rings (SSSR count). The number of halogens is 2. The van der Waals surface area contributed by atoms with Gasteiger partial charge in [-0.15, -0.1) is 0 Å². The summed E-state index contributed by atoms with van der Waals surface area (Å²) in [7, 11) is 0. The van der Waals surface area contributed by atoms with Crippen LogP contribution in [0.25, 0.3) is 0 Å². The number of rotatable bonds is 4. The Bertz CT molecular complexity index is 878. The van der Waals surface area contributed by atoms with Gasteiger partial charge in [-0.3, -0.25) is 0 Å². The van der Waals surface area contributed by atoms with Gasteiger partial charge in [-0.05, 0) is 35.2 Å². The second-order valence-corrected chi connectivity index (χ2v) is 6.93. The summed E-state index contributed by atoms with van der Waals surface area (Å²) in [6.07, 6.45) is -0.681. The van der Waals surface area contributed by atoms with Gasteiger partial charge < -0.3 is 14.9 Å². The Morgan fingerprint density at radius 3 is 2.63 bits per heavy atom. The number of nitriles is 1. The summed E-state index contributed by atoms with van der Waals surface area (Å²) in [4.78, 5) is 0. The SMILES string of the molecule is Cc1ccc(Cc2cc([C@H]3C[C@@H](O)C[C@@H](CO)O3)ccc2C#N)c(F)c1F. The molecule has 2 N–H and O–H groups in total.